The molecule has 2 rings (SSSR count). The lowest BCUT2D eigenvalue weighted by molar-refractivity contribution is -0.121. The van der Waals surface area contributed by atoms with E-state index in [0.29, 0.717) is 18.0 Å². The van der Waals surface area contributed by atoms with Gasteiger partial charge in [0.1, 0.15) is 5.75 Å². The molecule has 0 aliphatic rings. The lowest BCUT2D eigenvalue weighted by atomic mass is 10.1. The molecular weight excluding hydrogens is 364 g/mol. The molecule has 0 aliphatic heterocycles. The summed E-state index contributed by atoms with van der Waals surface area (Å²) >= 11 is 0. The first kappa shape index (κ1) is 20.8. The maximum absolute atomic E-state index is 12.3. The van der Waals surface area contributed by atoms with E-state index >= 15 is 0 Å². The number of anilines is 1. The highest BCUT2D eigenvalue weighted by Crippen LogP contribution is 2.30. The summed E-state index contributed by atoms with van der Waals surface area (Å²) in [4.78, 5) is 12.3. The van der Waals surface area contributed by atoms with Gasteiger partial charge in [-0.3, -0.25) is 9.10 Å². The number of carbonyl (C=O) groups is 1. The van der Waals surface area contributed by atoms with Gasteiger partial charge >= 0.3 is 0 Å². The minimum atomic E-state index is -3.56. The topological polar surface area (TPSA) is 75.7 Å². The molecule has 0 spiro atoms. The fourth-order valence-electron chi connectivity index (χ4n) is 2.75. The molecule has 2 aromatic rings. The summed E-state index contributed by atoms with van der Waals surface area (Å²) in [5.41, 5.74) is 1.43. The largest absolute Gasteiger partial charge is 0.492 e. The van der Waals surface area contributed by atoms with Crippen molar-refractivity contribution in [2.24, 2.45) is 0 Å². The molecule has 1 N–H and O–H groups in total. The Hall–Kier alpha value is -2.54. The number of nitrogens with zero attached hydrogens (tertiary/aromatic N) is 1. The van der Waals surface area contributed by atoms with Gasteiger partial charge in [-0.25, -0.2) is 8.42 Å². The van der Waals surface area contributed by atoms with E-state index in [1.807, 2.05) is 44.2 Å². The maximum Gasteiger partial charge on any atom is 0.232 e. The van der Waals surface area contributed by atoms with Crippen LogP contribution < -0.4 is 14.4 Å². The Morgan fingerprint density at radius 1 is 1.11 bits per heavy atom. The van der Waals surface area contributed by atoms with E-state index in [2.05, 4.69) is 5.32 Å². The van der Waals surface area contributed by atoms with E-state index in [9.17, 15) is 13.2 Å². The summed E-state index contributed by atoms with van der Waals surface area (Å²) in [7, 11) is -3.56. The highest BCUT2D eigenvalue weighted by molar-refractivity contribution is 7.92. The average molecular weight is 391 g/mol. The zero-order chi connectivity index (χ0) is 19.9. The standard InChI is InChI=1S/C20H26N2O4S/c1-4-26-19-13-9-8-12-18(19)22(27(3,24)25)15-14-20(23)21-16(2)17-10-6-5-7-11-17/h5-13,16H,4,14-15H2,1-3H3,(H,21,23). The van der Waals surface area contributed by atoms with E-state index in [1.165, 1.54) is 4.31 Å². The van der Waals surface area contributed by atoms with Gasteiger partial charge in [-0.15, -0.1) is 0 Å². The molecule has 0 radical (unpaired) electrons. The summed E-state index contributed by atoms with van der Waals surface area (Å²) in [6.45, 7) is 4.19. The summed E-state index contributed by atoms with van der Waals surface area (Å²) < 4.78 is 31.3. The number of nitrogens with one attached hydrogen (secondary N) is 1. The first-order valence-electron chi connectivity index (χ1n) is 8.86. The molecule has 27 heavy (non-hydrogen) atoms. The van der Waals surface area contributed by atoms with Gasteiger partial charge < -0.3 is 10.1 Å². The molecule has 0 aromatic heterocycles. The van der Waals surface area contributed by atoms with Gasteiger partial charge in [0.15, 0.2) is 0 Å². The third-order valence-corrected chi connectivity index (χ3v) is 5.23. The Bertz CT molecular complexity index is 853. The molecule has 6 nitrogen and oxygen atoms in total. The van der Waals surface area contributed by atoms with Crippen LogP contribution in [-0.4, -0.2) is 33.7 Å². The fraction of sp³-hybridized carbons (Fsp3) is 0.350. The normalized spacial score (nSPS) is 12.3. The first-order chi connectivity index (χ1) is 12.8. The van der Waals surface area contributed by atoms with E-state index < -0.39 is 10.0 Å². The number of amides is 1. The third kappa shape index (κ3) is 5.99. The van der Waals surface area contributed by atoms with Gasteiger partial charge in [0, 0.05) is 13.0 Å². The highest BCUT2D eigenvalue weighted by Gasteiger charge is 2.22. The number of ether oxygens (including phenoxy) is 1. The van der Waals surface area contributed by atoms with E-state index in [-0.39, 0.29) is 24.9 Å². The molecule has 0 bridgehead atoms. The van der Waals surface area contributed by atoms with Crippen LogP contribution in [0.2, 0.25) is 0 Å². The van der Waals surface area contributed by atoms with Crippen LogP contribution in [0.3, 0.4) is 0 Å². The van der Waals surface area contributed by atoms with Gasteiger partial charge in [-0.05, 0) is 31.5 Å². The van der Waals surface area contributed by atoms with Gasteiger partial charge in [0.05, 0.1) is 24.6 Å². The van der Waals surface area contributed by atoms with Crippen LogP contribution in [0.5, 0.6) is 5.75 Å². The first-order valence-corrected chi connectivity index (χ1v) is 10.7. The van der Waals surface area contributed by atoms with Crippen LogP contribution >= 0.6 is 0 Å². The van der Waals surface area contributed by atoms with Crippen molar-refractivity contribution in [2.75, 3.05) is 23.7 Å². The number of para-hydroxylation sites is 2. The van der Waals surface area contributed by atoms with Gasteiger partial charge in [0.25, 0.3) is 0 Å². The lowest BCUT2D eigenvalue weighted by Crippen LogP contribution is -2.35. The number of hydrogen-bond acceptors (Lipinski definition) is 4. The molecule has 0 heterocycles. The van der Waals surface area contributed by atoms with Crippen molar-refractivity contribution in [3.05, 3.63) is 60.2 Å². The predicted octanol–water partition coefficient (Wildman–Crippen LogP) is 3.12. The van der Waals surface area contributed by atoms with Gasteiger partial charge in [-0.1, -0.05) is 42.5 Å². The molecule has 146 valence electrons. The molecule has 1 unspecified atom stereocenters. The highest BCUT2D eigenvalue weighted by atomic mass is 32.2. The smallest absolute Gasteiger partial charge is 0.232 e. The Morgan fingerprint density at radius 2 is 1.74 bits per heavy atom. The second kappa shape index (κ2) is 9.41. The van der Waals surface area contributed by atoms with E-state index in [0.717, 1.165) is 11.8 Å². The van der Waals surface area contributed by atoms with Crippen LogP contribution in [0.15, 0.2) is 54.6 Å². The van der Waals surface area contributed by atoms with Gasteiger partial charge in [0.2, 0.25) is 15.9 Å². The summed E-state index contributed by atoms with van der Waals surface area (Å²) in [6.07, 6.45) is 1.17. The predicted molar refractivity (Wildman–Crippen MR) is 107 cm³/mol. The second-order valence-electron chi connectivity index (χ2n) is 6.19. The van der Waals surface area contributed by atoms with Crippen molar-refractivity contribution in [3.63, 3.8) is 0 Å². The molecular formula is C20H26N2O4S. The van der Waals surface area contributed by atoms with Crippen LogP contribution in [0, 0.1) is 0 Å². The fourth-order valence-corrected chi connectivity index (χ4v) is 3.68. The Kier molecular flexibility index (Phi) is 7.24. The Labute approximate surface area is 161 Å². The van der Waals surface area contributed by atoms with Gasteiger partial charge in [-0.2, -0.15) is 0 Å². The van der Waals surface area contributed by atoms with Crippen molar-refractivity contribution in [3.8, 4) is 5.75 Å². The minimum Gasteiger partial charge on any atom is -0.492 e. The third-order valence-electron chi connectivity index (χ3n) is 4.05. The van der Waals surface area contributed by atoms with Crippen LogP contribution in [0.25, 0.3) is 0 Å². The summed E-state index contributed by atoms with van der Waals surface area (Å²) in [6, 6.07) is 16.4. The zero-order valence-electron chi connectivity index (χ0n) is 15.9. The van der Waals surface area contributed by atoms with Crippen LogP contribution in [0.1, 0.15) is 31.9 Å². The SMILES string of the molecule is CCOc1ccccc1N(CCC(=O)NC(C)c1ccccc1)S(C)(=O)=O. The summed E-state index contributed by atoms with van der Waals surface area (Å²) in [5, 5.41) is 2.90. The van der Waals surface area contributed by atoms with E-state index in [1.54, 1.807) is 24.3 Å². The molecule has 0 saturated heterocycles. The minimum absolute atomic E-state index is 0.0380. The molecule has 0 fully saturated rings. The number of sulfonamides is 1. The number of carbonyl (C=O) groups excluding carboxylic acids is 1. The van der Waals surface area contributed by atoms with Crippen molar-refractivity contribution in [2.45, 2.75) is 26.3 Å². The summed E-state index contributed by atoms with van der Waals surface area (Å²) in [5.74, 6) is 0.261. The van der Waals surface area contributed by atoms with Crippen LogP contribution in [-0.2, 0) is 14.8 Å². The van der Waals surface area contributed by atoms with Crippen molar-refractivity contribution in [1.82, 2.24) is 5.32 Å². The number of rotatable bonds is 9. The average Bonchev–Trinajstić information content (AvgIpc) is 2.63. The Balaban J connectivity index is 2.09. The molecule has 0 aliphatic carbocycles. The molecule has 1 atom stereocenters. The van der Waals surface area contributed by atoms with Crippen molar-refractivity contribution >= 4 is 21.6 Å². The van der Waals surface area contributed by atoms with E-state index in [4.69, 9.17) is 4.74 Å². The second-order valence-corrected chi connectivity index (χ2v) is 8.09. The molecule has 7 heteroatoms. The molecule has 2 aromatic carbocycles. The quantitative estimate of drug-likeness (QED) is 0.714. The van der Waals surface area contributed by atoms with Crippen molar-refractivity contribution in [1.29, 1.82) is 0 Å². The van der Waals surface area contributed by atoms with Crippen molar-refractivity contribution < 1.29 is 17.9 Å². The molecule has 0 saturated carbocycles. The number of hydrogen-bond donors (Lipinski definition) is 1. The zero-order valence-corrected chi connectivity index (χ0v) is 16.7. The maximum atomic E-state index is 12.3. The Morgan fingerprint density at radius 3 is 2.37 bits per heavy atom. The number of benzene rings is 2. The monoisotopic (exact) mass is 390 g/mol. The lowest BCUT2D eigenvalue weighted by Gasteiger charge is -2.24. The van der Waals surface area contributed by atoms with Crippen LogP contribution in [0.4, 0.5) is 5.69 Å². The molecule has 1 amide bonds.